The molecule has 0 fully saturated rings. The summed E-state index contributed by atoms with van der Waals surface area (Å²) in [6.45, 7) is 0. The number of carbonyl (C=O) groups excluding carboxylic acids is 1. The molecule has 1 rings (SSSR count). The average Bonchev–Trinajstić information content (AvgIpc) is 2.09. The molecule has 0 bridgehead atoms. The summed E-state index contributed by atoms with van der Waals surface area (Å²) in [4.78, 5) is 11.1. The highest BCUT2D eigenvalue weighted by atomic mass is 35.5. The van der Waals surface area contributed by atoms with Crippen molar-refractivity contribution in [1.82, 2.24) is 5.32 Å². The number of anilines is 1. The molecule has 0 aliphatic heterocycles. The van der Waals surface area contributed by atoms with Gasteiger partial charge in [0.2, 0.25) is 0 Å². The smallest absolute Gasteiger partial charge is 0.326 e. The lowest BCUT2D eigenvalue weighted by atomic mass is 10.3. The molecule has 86 valence electrons. The van der Waals surface area contributed by atoms with Crippen LogP contribution < -0.4 is 16.4 Å². The molecule has 1 aromatic carbocycles. The van der Waals surface area contributed by atoms with E-state index in [1.54, 1.807) is 0 Å². The Morgan fingerprint density at radius 1 is 1.44 bits per heavy atom. The summed E-state index contributed by atoms with van der Waals surface area (Å²) in [6, 6.07) is 1.41. The molecule has 8 heteroatoms. The highest BCUT2D eigenvalue weighted by Crippen LogP contribution is 2.28. The number of nitrogens with one attached hydrogen (secondary N) is 3. The van der Waals surface area contributed by atoms with Crippen LogP contribution >= 0.6 is 23.2 Å². The Balaban J connectivity index is 2.89. The number of hydrogen-bond donors (Lipinski definition) is 4. The van der Waals surface area contributed by atoms with Gasteiger partial charge in [-0.2, -0.15) is 0 Å². The lowest BCUT2D eigenvalue weighted by Gasteiger charge is -2.09. The molecule has 0 radical (unpaired) electrons. The van der Waals surface area contributed by atoms with Crippen molar-refractivity contribution in [2.75, 3.05) is 5.32 Å². The van der Waals surface area contributed by atoms with E-state index in [1.807, 2.05) is 5.32 Å². The van der Waals surface area contributed by atoms with Gasteiger partial charge < -0.3 is 11.1 Å². The van der Waals surface area contributed by atoms with Crippen LogP contribution in [0.15, 0.2) is 12.1 Å². The van der Waals surface area contributed by atoms with Gasteiger partial charge in [-0.15, -0.1) is 0 Å². The molecule has 1 aromatic rings. The summed E-state index contributed by atoms with van der Waals surface area (Å²) in [7, 11) is 0. The summed E-state index contributed by atoms with van der Waals surface area (Å²) in [6.07, 6.45) is 0. The second-order valence-electron chi connectivity index (χ2n) is 2.74. The lowest BCUT2D eigenvalue weighted by Crippen LogP contribution is -2.38. The van der Waals surface area contributed by atoms with Gasteiger partial charge in [-0.1, -0.05) is 23.2 Å². The van der Waals surface area contributed by atoms with Crippen molar-refractivity contribution in [2.45, 2.75) is 0 Å². The third-order valence-electron chi connectivity index (χ3n) is 1.49. The quantitative estimate of drug-likeness (QED) is 0.462. The Morgan fingerprint density at radius 2 is 2.06 bits per heavy atom. The minimum atomic E-state index is -0.865. The molecular formula is C8H7Cl2FN4O. The van der Waals surface area contributed by atoms with Crippen LogP contribution in [0, 0.1) is 11.2 Å². The SMILES string of the molecule is N=C(N)NC(=O)Nc1c(F)cc(Cl)cc1Cl. The molecule has 16 heavy (non-hydrogen) atoms. The molecular weight excluding hydrogens is 258 g/mol. The van der Waals surface area contributed by atoms with Gasteiger partial charge in [0, 0.05) is 5.02 Å². The summed E-state index contributed by atoms with van der Waals surface area (Å²) < 4.78 is 13.3. The van der Waals surface area contributed by atoms with Crippen LogP contribution in [0.2, 0.25) is 10.0 Å². The Morgan fingerprint density at radius 3 is 2.56 bits per heavy atom. The highest BCUT2D eigenvalue weighted by Gasteiger charge is 2.12. The normalized spacial score (nSPS) is 9.69. The third kappa shape index (κ3) is 3.25. The first-order chi connectivity index (χ1) is 7.40. The number of benzene rings is 1. The van der Waals surface area contributed by atoms with E-state index in [4.69, 9.17) is 34.3 Å². The summed E-state index contributed by atoms with van der Waals surface area (Å²) in [5.41, 5.74) is 4.68. The predicted molar refractivity (Wildman–Crippen MR) is 60.5 cm³/mol. The average molecular weight is 265 g/mol. The van der Waals surface area contributed by atoms with E-state index in [1.165, 1.54) is 6.07 Å². The zero-order valence-electron chi connectivity index (χ0n) is 7.77. The predicted octanol–water partition coefficient (Wildman–Crippen LogP) is 2.15. The van der Waals surface area contributed by atoms with Gasteiger partial charge in [0.15, 0.2) is 5.96 Å². The number of amides is 2. The number of halogens is 3. The van der Waals surface area contributed by atoms with Crippen LogP contribution in [0.5, 0.6) is 0 Å². The molecule has 0 unspecified atom stereocenters. The van der Waals surface area contributed by atoms with Crippen molar-refractivity contribution < 1.29 is 9.18 Å². The topological polar surface area (TPSA) is 91.0 Å². The van der Waals surface area contributed by atoms with Crippen molar-refractivity contribution in [3.05, 3.63) is 28.0 Å². The molecule has 5 nitrogen and oxygen atoms in total. The van der Waals surface area contributed by atoms with Crippen molar-refractivity contribution >= 4 is 40.9 Å². The molecule has 0 heterocycles. The highest BCUT2D eigenvalue weighted by molar-refractivity contribution is 6.36. The maximum atomic E-state index is 13.3. The van der Waals surface area contributed by atoms with Gasteiger partial charge in [-0.3, -0.25) is 10.7 Å². The fraction of sp³-hybridized carbons (Fsp3) is 0. The minimum absolute atomic E-state index is 0.0521. The van der Waals surface area contributed by atoms with E-state index in [9.17, 15) is 9.18 Å². The maximum Gasteiger partial charge on any atom is 0.326 e. The first kappa shape index (κ1) is 12.5. The van der Waals surface area contributed by atoms with Crippen LogP contribution in [0.4, 0.5) is 14.9 Å². The molecule has 0 aliphatic rings. The second kappa shape index (κ2) is 5.00. The largest absolute Gasteiger partial charge is 0.370 e. The molecule has 0 spiro atoms. The van der Waals surface area contributed by atoms with Gasteiger partial charge in [0.25, 0.3) is 0 Å². The lowest BCUT2D eigenvalue weighted by molar-refractivity contribution is 0.256. The van der Waals surface area contributed by atoms with Gasteiger partial charge in [-0.05, 0) is 12.1 Å². The van der Waals surface area contributed by atoms with Crippen molar-refractivity contribution in [3.63, 3.8) is 0 Å². The number of carbonyl (C=O) groups is 1. The van der Waals surface area contributed by atoms with Crippen molar-refractivity contribution in [2.24, 2.45) is 5.73 Å². The number of nitrogens with two attached hydrogens (primary N) is 1. The summed E-state index contributed by atoms with van der Waals surface area (Å²) in [5.74, 6) is -1.35. The van der Waals surface area contributed by atoms with E-state index >= 15 is 0 Å². The Kier molecular flexibility index (Phi) is 3.92. The minimum Gasteiger partial charge on any atom is -0.370 e. The number of urea groups is 1. The first-order valence-corrected chi connectivity index (χ1v) is 4.72. The van der Waals surface area contributed by atoms with E-state index in [0.717, 1.165) is 6.07 Å². The fourth-order valence-corrected chi connectivity index (χ4v) is 1.44. The maximum absolute atomic E-state index is 13.3. The van der Waals surface area contributed by atoms with Gasteiger partial charge in [0.05, 0.1) is 10.7 Å². The van der Waals surface area contributed by atoms with Crippen LogP contribution in [0.1, 0.15) is 0 Å². The van der Waals surface area contributed by atoms with Gasteiger partial charge >= 0.3 is 6.03 Å². The van der Waals surface area contributed by atoms with E-state index in [2.05, 4.69) is 5.32 Å². The van der Waals surface area contributed by atoms with Crippen LogP contribution in [-0.2, 0) is 0 Å². The van der Waals surface area contributed by atoms with Gasteiger partial charge in [0.1, 0.15) is 5.82 Å². The Labute approximate surface area is 100 Å². The molecule has 2 amide bonds. The van der Waals surface area contributed by atoms with Crippen molar-refractivity contribution in [3.8, 4) is 0 Å². The van der Waals surface area contributed by atoms with Crippen LogP contribution in [0.3, 0.4) is 0 Å². The fourth-order valence-electron chi connectivity index (χ4n) is 0.929. The summed E-state index contributed by atoms with van der Waals surface area (Å²) >= 11 is 11.2. The van der Waals surface area contributed by atoms with Crippen molar-refractivity contribution in [1.29, 1.82) is 5.41 Å². The van der Waals surface area contributed by atoms with E-state index in [0.29, 0.717) is 0 Å². The molecule has 0 saturated heterocycles. The Hall–Kier alpha value is -1.53. The third-order valence-corrected chi connectivity index (χ3v) is 2.01. The number of hydrogen-bond acceptors (Lipinski definition) is 2. The van der Waals surface area contributed by atoms with Crippen LogP contribution in [-0.4, -0.2) is 12.0 Å². The van der Waals surface area contributed by atoms with Crippen LogP contribution in [0.25, 0.3) is 0 Å². The molecule has 0 aliphatic carbocycles. The first-order valence-electron chi connectivity index (χ1n) is 3.96. The Bertz CT molecular complexity index is 429. The monoisotopic (exact) mass is 264 g/mol. The number of rotatable bonds is 1. The number of guanidine groups is 1. The van der Waals surface area contributed by atoms with E-state index in [-0.39, 0.29) is 15.7 Å². The molecule has 0 atom stereocenters. The standard InChI is InChI=1S/C8H7Cl2FN4O/c9-3-1-4(10)6(5(11)2-3)14-8(16)15-7(12)13/h1-2H,(H5,12,13,14,15,16). The molecule has 0 saturated carbocycles. The molecule has 5 N–H and O–H groups in total. The summed E-state index contributed by atoms with van der Waals surface area (Å²) in [5, 5.41) is 10.9. The second-order valence-corrected chi connectivity index (χ2v) is 3.58. The van der Waals surface area contributed by atoms with E-state index < -0.39 is 17.8 Å². The van der Waals surface area contributed by atoms with Gasteiger partial charge in [-0.25, -0.2) is 9.18 Å². The zero-order chi connectivity index (χ0) is 12.3. The molecule has 0 aromatic heterocycles. The zero-order valence-corrected chi connectivity index (χ0v) is 9.29.